The molecule has 0 spiro atoms. The van der Waals surface area contributed by atoms with Gasteiger partial charge in [0.1, 0.15) is 6.10 Å². The van der Waals surface area contributed by atoms with Crippen molar-refractivity contribution >= 4 is 39.8 Å². The average Bonchev–Trinajstić information content (AvgIpc) is 3.07. The van der Waals surface area contributed by atoms with E-state index >= 15 is 0 Å². The molecule has 1 unspecified atom stereocenters. The Kier molecular flexibility index (Phi) is 8.31. The van der Waals surface area contributed by atoms with Crippen molar-refractivity contribution in [2.75, 3.05) is 64.4 Å². The van der Waals surface area contributed by atoms with Crippen LogP contribution in [0, 0.1) is 0 Å². The van der Waals surface area contributed by atoms with Gasteiger partial charge in [-0.1, -0.05) is 0 Å². The van der Waals surface area contributed by atoms with Gasteiger partial charge in [-0.3, -0.25) is 14.6 Å². The molecule has 0 aliphatic carbocycles. The van der Waals surface area contributed by atoms with E-state index in [4.69, 9.17) is 4.74 Å². The second kappa shape index (κ2) is 10.0. The topological polar surface area (TPSA) is 92.1 Å². The average molecular weight is 512 g/mol. The van der Waals surface area contributed by atoms with Gasteiger partial charge in [-0.2, -0.15) is 5.10 Å². The Labute approximate surface area is 178 Å². The van der Waals surface area contributed by atoms with Crippen LogP contribution in [-0.2, 0) is 21.6 Å². The minimum Gasteiger partial charge on any atom is -0.370 e. The Morgan fingerprint density at radius 3 is 2.74 bits per heavy atom. The van der Waals surface area contributed by atoms with Crippen molar-refractivity contribution in [3.05, 3.63) is 18.0 Å². The highest BCUT2D eigenvalue weighted by atomic mass is 127. The number of halogens is 1. The molecule has 0 aromatic carbocycles. The molecule has 1 aromatic heterocycles. The molecule has 3 heterocycles. The van der Waals surface area contributed by atoms with E-state index in [1.165, 1.54) is 0 Å². The summed E-state index contributed by atoms with van der Waals surface area (Å²) in [5.41, 5.74) is 1.07. The van der Waals surface area contributed by atoms with Crippen LogP contribution >= 0.6 is 24.0 Å². The van der Waals surface area contributed by atoms with Crippen LogP contribution in [0.4, 0.5) is 0 Å². The number of rotatable bonds is 4. The Hall–Kier alpha value is -0.920. The lowest BCUT2D eigenvalue weighted by molar-refractivity contribution is -0.00804. The third-order valence-electron chi connectivity index (χ3n) is 4.82. The van der Waals surface area contributed by atoms with E-state index in [1.54, 1.807) is 11.7 Å². The van der Waals surface area contributed by atoms with Crippen molar-refractivity contribution in [1.82, 2.24) is 24.9 Å². The summed E-state index contributed by atoms with van der Waals surface area (Å²) in [5.74, 6) is 1.38. The molecule has 0 saturated carbocycles. The van der Waals surface area contributed by atoms with Crippen molar-refractivity contribution in [1.29, 1.82) is 0 Å². The molecule has 1 aromatic rings. The predicted molar refractivity (Wildman–Crippen MR) is 115 cm³/mol. The SMILES string of the molecule is CN=C(NCCN1CCS(=O)(=O)CC1)N1CCOC(c2cnn(C)c2)C1.I. The Morgan fingerprint density at radius 2 is 2.11 bits per heavy atom. The van der Waals surface area contributed by atoms with Crippen LogP contribution in [0.1, 0.15) is 11.7 Å². The molecule has 2 aliphatic rings. The van der Waals surface area contributed by atoms with Gasteiger partial charge in [0.2, 0.25) is 0 Å². The van der Waals surface area contributed by atoms with Crippen molar-refractivity contribution in [2.45, 2.75) is 6.10 Å². The van der Waals surface area contributed by atoms with Gasteiger partial charge >= 0.3 is 0 Å². The molecular weight excluding hydrogens is 483 g/mol. The summed E-state index contributed by atoms with van der Waals surface area (Å²) in [5, 5.41) is 7.61. The molecule has 3 rings (SSSR count). The van der Waals surface area contributed by atoms with Gasteiger partial charge in [-0.25, -0.2) is 8.42 Å². The monoisotopic (exact) mass is 512 g/mol. The fraction of sp³-hybridized carbons (Fsp3) is 0.750. The van der Waals surface area contributed by atoms with Crippen molar-refractivity contribution in [3.63, 3.8) is 0 Å². The molecule has 0 bridgehead atoms. The fourth-order valence-electron chi connectivity index (χ4n) is 3.28. The van der Waals surface area contributed by atoms with E-state index in [0.29, 0.717) is 19.7 Å². The number of nitrogens with one attached hydrogen (secondary N) is 1. The lowest BCUT2D eigenvalue weighted by atomic mass is 10.1. The van der Waals surface area contributed by atoms with Gasteiger partial charge in [-0.15, -0.1) is 24.0 Å². The van der Waals surface area contributed by atoms with Crippen molar-refractivity contribution in [2.24, 2.45) is 12.0 Å². The molecule has 1 atom stereocenters. The van der Waals surface area contributed by atoms with Crippen molar-refractivity contribution < 1.29 is 13.2 Å². The second-order valence-corrected chi connectivity index (χ2v) is 9.02. The number of ether oxygens (including phenoxy) is 1. The fourth-order valence-corrected chi connectivity index (χ4v) is 4.56. The first-order valence-electron chi connectivity index (χ1n) is 8.95. The lowest BCUT2D eigenvalue weighted by Crippen LogP contribution is -2.50. The summed E-state index contributed by atoms with van der Waals surface area (Å²) in [6.07, 6.45) is 3.81. The Balaban J connectivity index is 0.00000261. The van der Waals surface area contributed by atoms with Gasteiger partial charge in [0, 0.05) is 58.6 Å². The van der Waals surface area contributed by atoms with Gasteiger partial charge in [0.25, 0.3) is 0 Å². The molecule has 154 valence electrons. The normalized spacial score (nSPS) is 23.7. The van der Waals surface area contributed by atoms with E-state index in [1.807, 2.05) is 19.4 Å². The predicted octanol–water partition coefficient (Wildman–Crippen LogP) is -0.283. The first-order valence-corrected chi connectivity index (χ1v) is 10.8. The molecule has 0 radical (unpaired) electrons. The summed E-state index contributed by atoms with van der Waals surface area (Å²) in [4.78, 5) is 8.77. The van der Waals surface area contributed by atoms with Gasteiger partial charge in [-0.05, 0) is 0 Å². The van der Waals surface area contributed by atoms with E-state index in [9.17, 15) is 8.42 Å². The van der Waals surface area contributed by atoms with Crippen LogP contribution in [-0.4, -0.2) is 98.4 Å². The summed E-state index contributed by atoms with van der Waals surface area (Å²) >= 11 is 0. The van der Waals surface area contributed by atoms with Gasteiger partial charge < -0.3 is 15.0 Å². The summed E-state index contributed by atoms with van der Waals surface area (Å²) < 4.78 is 30.6. The molecule has 0 amide bonds. The summed E-state index contributed by atoms with van der Waals surface area (Å²) in [7, 11) is 0.857. The highest BCUT2D eigenvalue weighted by Crippen LogP contribution is 2.21. The third kappa shape index (κ3) is 6.29. The summed E-state index contributed by atoms with van der Waals surface area (Å²) in [6, 6.07) is 0. The highest BCUT2D eigenvalue weighted by Gasteiger charge is 2.25. The first kappa shape index (κ1) is 22.4. The largest absolute Gasteiger partial charge is 0.370 e. The number of aryl methyl sites for hydroxylation is 1. The lowest BCUT2D eigenvalue weighted by Gasteiger charge is -2.35. The maximum absolute atomic E-state index is 11.5. The number of morpholine rings is 1. The molecule has 2 aliphatic heterocycles. The Bertz CT molecular complexity index is 724. The third-order valence-corrected chi connectivity index (χ3v) is 6.43. The van der Waals surface area contributed by atoms with Gasteiger partial charge in [0.05, 0.1) is 30.9 Å². The second-order valence-electron chi connectivity index (χ2n) is 6.72. The molecule has 1 N–H and O–H groups in total. The zero-order valence-electron chi connectivity index (χ0n) is 15.9. The van der Waals surface area contributed by atoms with Crippen LogP contribution in [0.15, 0.2) is 17.4 Å². The van der Waals surface area contributed by atoms with Crippen LogP contribution < -0.4 is 5.32 Å². The van der Waals surface area contributed by atoms with E-state index in [0.717, 1.165) is 37.7 Å². The van der Waals surface area contributed by atoms with E-state index in [2.05, 4.69) is 25.2 Å². The molecule has 2 fully saturated rings. The van der Waals surface area contributed by atoms with E-state index < -0.39 is 9.84 Å². The van der Waals surface area contributed by atoms with Crippen molar-refractivity contribution in [3.8, 4) is 0 Å². The molecule has 27 heavy (non-hydrogen) atoms. The standard InChI is InChI=1S/C16H28N6O3S.HI/c1-17-16(18-3-4-21-6-9-26(23,24)10-7-21)22-5-8-25-15(13-22)14-11-19-20(2)12-14;/h11-12,15H,3-10,13H2,1-2H3,(H,17,18);1H. The highest BCUT2D eigenvalue weighted by molar-refractivity contribution is 14.0. The number of nitrogens with zero attached hydrogens (tertiary/aromatic N) is 5. The smallest absolute Gasteiger partial charge is 0.193 e. The number of aliphatic imine (C=N–C) groups is 1. The minimum atomic E-state index is -2.82. The summed E-state index contributed by atoms with van der Waals surface area (Å²) in [6.45, 7) is 4.94. The number of aromatic nitrogens is 2. The first-order chi connectivity index (χ1) is 12.5. The van der Waals surface area contributed by atoms with Gasteiger partial charge in [0.15, 0.2) is 15.8 Å². The zero-order chi connectivity index (χ0) is 18.6. The van der Waals surface area contributed by atoms with Crippen LogP contribution in [0.5, 0.6) is 0 Å². The molecule has 9 nitrogen and oxygen atoms in total. The maximum atomic E-state index is 11.5. The van der Waals surface area contributed by atoms with Crippen LogP contribution in [0.3, 0.4) is 0 Å². The zero-order valence-corrected chi connectivity index (χ0v) is 19.0. The Morgan fingerprint density at radius 1 is 1.37 bits per heavy atom. The quantitative estimate of drug-likeness (QED) is 0.337. The van der Waals surface area contributed by atoms with Crippen LogP contribution in [0.2, 0.25) is 0 Å². The molecular formula is C16H29IN6O3S. The van der Waals surface area contributed by atoms with Crippen LogP contribution in [0.25, 0.3) is 0 Å². The molecule has 2 saturated heterocycles. The number of sulfone groups is 1. The van der Waals surface area contributed by atoms with E-state index in [-0.39, 0.29) is 41.6 Å². The molecule has 11 heteroatoms. The number of guanidine groups is 1. The number of hydrogen-bond acceptors (Lipinski definition) is 6. The maximum Gasteiger partial charge on any atom is 0.193 e. The number of hydrogen-bond donors (Lipinski definition) is 1. The minimum absolute atomic E-state index is 0.